The first-order valence-corrected chi connectivity index (χ1v) is 6.81. The number of carbonyl (C=O) groups is 3. The van der Waals surface area contributed by atoms with Gasteiger partial charge in [-0.1, -0.05) is 18.2 Å². The number of pyridine rings is 1. The normalized spacial score (nSPS) is 18.1. The maximum Gasteiger partial charge on any atom is 0.329 e. The molecule has 112 valence electrons. The van der Waals surface area contributed by atoms with E-state index in [9.17, 15) is 19.2 Å². The van der Waals surface area contributed by atoms with E-state index in [1.165, 1.54) is 6.07 Å². The topological polar surface area (TPSA) is 97.3 Å². The molecule has 1 aliphatic heterocycles. The van der Waals surface area contributed by atoms with E-state index in [-0.39, 0.29) is 18.7 Å². The van der Waals surface area contributed by atoms with Gasteiger partial charge in [0.15, 0.2) is 0 Å². The van der Waals surface area contributed by atoms with Crippen molar-refractivity contribution in [1.29, 1.82) is 0 Å². The number of hydrogen-bond donors (Lipinski definition) is 2. The number of nitrogens with zero attached hydrogens (tertiary/aromatic N) is 1. The molecule has 1 saturated heterocycles. The molecule has 2 aromatic rings. The SMILES string of the molecule is O=C1CCC(NC(=O)n2c(=O)ccc3ccccc32)C(=O)N1. The van der Waals surface area contributed by atoms with E-state index >= 15 is 0 Å². The van der Waals surface area contributed by atoms with Gasteiger partial charge in [-0.3, -0.25) is 19.7 Å². The van der Waals surface area contributed by atoms with Crippen LogP contribution in [-0.2, 0) is 9.59 Å². The van der Waals surface area contributed by atoms with E-state index in [1.54, 1.807) is 30.3 Å². The van der Waals surface area contributed by atoms with Crippen LogP contribution in [0.5, 0.6) is 0 Å². The summed E-state index contributed by atoms with van der Waals surface area (Å²) in [5.74, 6) is -0.921. The molecule has 1 aromatic heterocycles. The molecule has 0 bridgehead atoms. The minimum absolute atomic E-state index is 0.154. The summed E-state index contributed by atoms with van der Waals surface area (Å²) in [5.41, 5.74) is -0.0247. The number of fused-ring (bicyclic) bond motifs is 1. The maximum atomic E-state index is 12.4. The van der Waals surface area contributed by atoms with Crippen LogP contribution in [-0.4, -0.2) is 28.5 Å². The lowest BCUT2D eigenvalue weighted by Crippen LogP contribution is -2.54. The van der Waals surface area contributed by atoms with Crippen LogP contribution in [0.4, 0.5) is 4.79 Å². The molecule has 7 heteroatoms. The van der Waals surface area contributed by atoms with Crippen molar-refractivity contribution in [2.24, 2.45) is 0 Å². The van der Waals surface area contributed by atoms with Gasteiger partial charge in [-0.25, -0.2) is 9.36 Å². The second-order valence-electron chi connectivity index (χ2n) is 5.02. The van der Waals surface area contributed by atoms with Gasteiger partial charge in [0.1, 0.15) is 6.04 Å². The van der Waals surface area contributed by atoms with Crippen LogP contribution in [0.25, 0.3) is 10.9 Å². The highest BCUT2D eigenvalue weighted by molar-refractivity contribution is 6.02. The standard InChI is InChI=1S/C15H13N3O4/c19-12-7-6-10(14(21)17-12)16-15(22)18-11-4-2-1-3-9(11)5-8-13(18)20/h1-5,8,10H,6-7H2,(H,16,22)(H,17,19,21). The van der Waals surface area contributed by atoms with Gasteiger partial charge < -0.3 is 5.32 Å². The number of hydrogen-bond acceptors (Lipinski definition) is 4. The van der Waals surface area contributed by atoms with Crippen molar-refractivity contribution in [3.05, 3.63) is 46.8 Å². The van der Waals surface area contributed by atoms with Crippen LogP contribution in [0.1, 0.15) is 12.8 Å². The summed E-state index contributed by atoms with van der Waals surface area (Å²) < 4.78 is 0.985. The number of benzene rings is 1. The van der Waals surface area contributed by atoms with Gasteiger partial charge in [0, 0.05) is 12.5 Å². The molecule has 3 amide bonds. The van der Waals surface area contributed by atoms with Crippen molar-refractivity contribution in [3.8, 4) is 0 Å². The Kier molecular flexibility index (Phi) is 3.46. The zero-order valence-corrected chi connectivity index (χ0v) is 11.5. The molecule has 1 fully saturated rings. The minimum Gasteiger partial charge on any atom is -0.325 e. The Labute approximate surface area is 124 Å². The fourth-order valence-electron chi connectivity index (χ4n) is 2.44. The summed E-state index contributed by atoms with van der Waals surface area (Å²) in [6.45, 7) is 0. The Bertz CT molecular complexity index is 840. The van der Waals surface area contributed by atoms with Gasteiger partial charge in [0.05, 0.1) is 5.52 Å². The Hall–Kier alpha value is -2.96. The zero-order valence-electron chi connectivity index (χ0n) is 11.5. The number of piperidine rings is 1. The average molecular weight is 299 g/mol. The molecule has 1 atom stereocenters. The fourth-order valence-corrected chi connectivity index (χ4v) is 2.44. The summed E-state index contributed by atoms with van der Waals surface area (Å²) in [6, 6.07) is 8.38. The summed E-state index contributed by atoms with van der Waals surface area (Å²) >= 11 is 0. The van der Waals surface area contributed by atoms with E-state index in [2.05, 4.69) is 10.6 Å². The van der Waals surface area contributed by atoms with Gasteiger partial charge in [0.2, 0.25) is 11.8 Å². The lowest BCUT2D eigenvalue weighted by molar-refractivity contribution is -0.134. The number of para-hydroxylation sites is 1. The molecular weight excluding hydrogens is 286 g/mol. The molecular formula is C15H13N3O4. The maximum absolute atomic E-state index is 12.4. The number of imide groups is 1. The molecule has 0 radical (unpaired) electrons. The Morgan fingerprint density at radius 1 is 1.14 bits per heavy atom. The lowest BCUT2D eigenvalue weighted by atomic mass is 10.1. The molecule has 1 aromatic carbocycles. The predicted molar refractivity (Wildman–Crippen MR) is 78.3 cm³/mol. The third-order valence-corrected chi connectivity index (χ3v) is 3.54. The Balaban J connectivity index is 1.93. The first-order chi connectivity index (χ1) is 10.6. The summed E-state index contributed by atoms with van der Waals surface area (Å²) in [7, 11) is 0. The molecule has 0 aliphatic carbocycles. The second kappa shape index (κ2) is 5.44. The Morgan fingerprint density at radius 2 is 1.91 bits per heavy atom. The van der Waals surface area contributed by atoms with Gasteiger partial charge in [0.25, 0.3) is 5.56 Å². The number of amides is 3. The van der Waals surface area contributed by atoms with E-state index in [1.807, 2.05) is 0 Å². The van der Waals surface area contributed by atoms with E-state index in [4.69, 9.17) is 0 Å². The van der Waals surface area contributed by atoms with Gasteiger partial charge >= 0.3 is 6.03 Å². The van der Waals surface area contributed by atoms with Crippen molar-refractivity contribution in [3.63, 3.8) is 0 Å². The van der Waals surface area contributed by atoms with Crippen molar-refractivity contribution >= 4 is 28.7 Å². The number of rotatable bonds is 1. The van der Waals surface area contributed by atoms with Crippen LogP contribution >= 0.6 is 0 Å². The van der Waals surface area contributed by atoms with Crippen LogP contribution in [0.2, 0.25) is 0 Å². The fraction of sp³-hybridized carbons (Fsp3) is 0.200. The third-order valence-electron chi connectivity index (χ3n) is 3.54. The van der Waals surface area contributed by atoms with E-state index in [0.717, 1.165) is 9.95 Å². The van der Waals surface area contributed by atoms with Gasteiger partial charge in [-0.15, -0.1) is 0 Å². The summed E-state index contributed by atoms with van der Waals surface area (Å²) in [6.07, 6.45) is 0.372. The van der Waals surface area contributed by atoms with Crippen LogP contribution in [0.3, 0.4) is 0 Å². The Morgan fingerprint density at radius 3 is 2.68 bits per heavy atom. The molecule has 3 rings (SSSR count). The predicted octanol–water partition coefficient (Wildman–Crippen LogP) is 0.364. The zero-order chi connectivity index (χ0) is 15.7. The molecule has 0 spiro atoms. The highest BCUT2D eigenvalue weighted by atomic mass is 16.2. The minimum atomic E-state index is -0.823. The van der Waals surface area contributed by atoms with Crippen LogP contribution in [0, 0.1) is 0 Å². The average Bonchev–Trinajstić information content (AvgIpc) is 2.50. The molecule has 7 nitrogen and oxygen atoms in total. The lowest BCUT2D eigenvalue weighted by Gasteiger charge is -2.22. The van der Waals surface area contributed by atoms with E-state index < -0.39 is 23.5 Å². The van der Waals surface area contributed by atoms with Crippen molar-refractivity contribution in [2.45, 2.75) is 18.9 Å². The van der Waals surface area contributed by atoms with Crippen LogP contribution in [0.15, 0.2) is 41.2 Å². The third kappa shape index (κ3) is 2.48. The van der Waals surface area contributed by atoms with Gasteiger partial charge in [-0.2, -0.15) is 0 Å². The highest BCUT2D eigenvalue weighted by Crippen LogP contribution is 2.11. The monoisotopic (exact) mass is 299 g/mol. The van der Waals surface area contributed by atoms with Crippen LogP contribution < -0.4 is 16.2 Å². The highest BCUT2D eigenvalue weighted by Gasteiger charge is 2.28. The molecule has 2 heterocycles. The molecule has 1 aliphatic rings. The number of carbonyl (C=O) groups excluding carboxylic acids is 3. The first kappa shape index (κ1) is 14.0. The smallest absolute Gasteiger partial charge is 0.325 e. The first-order valence-electron chi connectivity index (χ1n) is 6.81. The summed E-state index contributed by atoms with van der Waals surface area (Å²) in [4.78, 5) is 47.1. The molecule has 1 unspecified atom stereocenters. The van der Waals surface area contributed by atoms with Crippen molar-refractivity contribution < 1.29 is 14.4 Å². The second-order valence-corrected chi connectivity index (χ2v) is 5.02. The molecule has 2 N–H and O–H groups in total. The van der Waals surface area contributed by atoms with Crippen molar-refractivity contribution in [1.82, 2.24) is 15.2 Å². The van der Waals surface area contributed by atoms with E-state index in [0.29, 0.717) is 5.52 Å². The van der Waals surface area contributed by atoms with Gasteiger partial charge in [-0.05, 0) is 23.9 Å². The molecule has 0 saturated carbocycles. The summed E-state index contributed by atoms with van der Waals surface area (Å²) in [5, 5.41) is 5.39. The largest absolute Gasteiger partial charge is 0.329 e. The quantitative estimate of drug-likeness (QED) is 0.743. The molecule has 22 heavy (non-hydrogen) atoms. The number of nitrogens with one attached hydrogen (secondary N) is 2. The number of aromatic nitrogens is 1. The van der Waals surface area contributed by atoms with Crippen molar-refractivity contribution in [2.75, 3.05) is 0 Å².